The Hall–Kier alpha value is -2.93. The summed E-state index contributed by atoms with van der Waals surface area (Å²) in [5.74, 6) is 1.42. The summed E-state index contributed by atoms with van der Waals surface area (Å²) in [6, 6.07) is 10.1. The minimum atomic E-state index is -1.30. The summed E-state index contributed by atoms with van der Waals surface area (Å²) in [6.07, 6.45) is 12.9. The smallest absolute Gasteiger partial charge is 0.449 e. The van der Waals surface area contributed by atoms with Gasteiger partial charge in [-0.3, -0.25) is 9.47 Å². The topological polar surface area (TPSA) is 79.7 Å². The Morgan fingerprint density at radius 1 is 1.06 bits per heavy atom. The molecule has 1 aromatic carbocycles. The third-order valence-electron chi connectivity index (χ3n) is 9.04. The van der Waals surface area contributed by atoms with Crippen molar-refractivity contribution in [2.75, 3.05) is 25.0 Å². The molecule has 1 amide bonds. The highest BCUT2D eigenvalue weighted by Gasteiger charge is 2.50. The number of hydrogen-bond donors (Lipinski definition) is 1. The number of anilines is 1. The highest BCUT2D eigenvalue weighted by Crippen LogP contribution is 2.45. The summed E-state index contributed by atoms with van der Waals surface area (Å²) in [4.78, 5) is 31.7. The van der Waals surface area contributed by atoms with Crippen LogP contribution in [-0.2, 0) is 11.2 Å². The van der Waals surface area contributed by atoms with E-state index in [-0.39, 0.29) is 12.1 Å². The van der Waals surface area contributed by atoms with E-state index in [0.717, 1.165) is 50.8 Å². The second-order valence-electron chi connectivity index (χ2n) is 10.9. The van der Waals surface area contributed by atoms with E-state index in [1.165, 1.54) is 36.9 Å². The molecule has 1 saturated carbocycles. The number of amides is 1. The lowest BCUT2D eigenvalue weighted by Crippen LogP contribution is -2.60. The summed E-state index contributed by atoms with van der Waals surface area (Å²) in [5.41, 5.74) is 3.49. The first-order chi connectivity index (χ1) is 17.4. The van der Waals surface area contributed by atoms with Crippen LogP contribution in [0.2, 0.25) is 0 Å². The lowest BCUT2D eigenvalue weighted by molar-refractivity contribution is -0.892. The van der Waals surface area contributed by atoms with Crippen molar-refractivity contribution in [2.24, 2.45) is 5.92 Å². The number of nitrogens with zero attached hydrogens (tertiary/aromatic N) is 3. The van der Waals surface area contributed by atoms with Crippen LogP contribution in [-0.4, -0.2) is 52.8 Å². The van der Waals surface area contributed by atoms with Crippen molar-refractivity contribution in [1.29, 1.82) is 0 Å². The number of fused-ring (bicyclic) bond motifs is 1. The predicted octanol–water partition coefficient (Wildman–Crippen LogP) is 5.74. The number of pyridine rings is 1. The molecule has 1 aromatic heterocycles. The van der Waals surface area contributed by atoms with Gasteiger partial charge in [0.2, 0.25) is 0 Å². The molecule has 2 aliphatic carbocycles. The summed E-state index contributed by atoms with van der Waals surface area (Å²) in [7, 11) is 2.19. The first kappa shape index (κ1) is 24.8. The van der Waals surface area contributed by atoms with Crippen LogP contribution >= 0.6 is 0 Å². The van der Waals surface area contributed by atoms with E-state index in [0.29, 0.717) is 28.5 Å². The Bertz CT molecular complexity index is 1080. The monoisotopic (exact) mass is 492 g/mol. The Labute approximate surface area is 213 Å². The van der Waals surface area contributed by atoms with Crippen LogP contribution in [0, 0.1) is 5.92 Å². The van der Waals surface area contributed by atoms with Crippen LogP contribution in [0.5, 0.6) is 5.75 Å². The largest absolute Gasteiger partial charge is 0.511 e. The van der Waals surface area contributed by atoms with E-state index >= 15 is 0 Å². The molecular weight excluding hydrogens is 454 g/mol. The number of aryl methyl sites for hydroxylation is 1. The van der Waals surface area contributed by atoms with Gasteiger partial charge in [-0.15, -0.1) is 0 Å². The van der Waals surface area contributed by atoms with Gasteiger partial charge < -0.3 is 14.7 Å². The zero-order valence-corrected chi connectivity index (χ0v) is 21.3. The molecule has 0 bridgehead atoms. The number of ether oxygens (including phenoxy) is 1. The minimum Gasteiger partial charge on any atom is -0.449 e. The molecule has 2 aromatic rings. The number of piperidine rings is 1. The number of hydrogen-bond acceptors (Lipinski definition) is 5. The van der Waals surface area contributed by atoms with Gasteiger partial charge in [-0.2, -0.15) is 0 Å². The van der Waals surface area contributed by atoms with Gasteiger partial charge in [-0.05, 0) is 54.7 Å². The van der Waals surface area contributed by atoms with Crippen LogP contribution in [0.3, 0.4) is 0 Å². The van der Waals surface area contributed by atoms with Gasteiger partial charge in [0, 0.05) is 56.0 Å². The van der Waals surface area contributed by atoms with Gasteiger partial charge in [0.25, 0.3) is 0 Å². The Kier molecular flexibility index (Phi) is 7.28. The molecule has 2 heterocycles. The lowest BCUT2D eigenvalue weighted by Gasteiger charge is -2.47. The average Bonchev–Trinajstić information content (AvgIpc) is 3.57. The molecule has 0 spiro atoms. The maximum absolute atomic E-state index is 14.1. The van der Waals surface area contributed by atoms with Gasteiger partial charge in [-0.25, -0.2) is 9.59 Å². The first-order valence-electron chi connectivity index (χ1n) is 13.5. The van der Waals surface area contributed by atoms with Crippen molar-refractivity contribution >= 4 is 17.7 Å². The molecule has 7 heteroatoms. The number of carbonyl (C=O) groups is 2. The van der Waals surface area contributed by atoms with Crippen molar-refractivity contribution in [1.82, 2.24) is 4.98 Å². The first-order valence-corrected chi connectivity index (χ1v) is 13.5. The average molecular weight is 493 g/mol. The molecule has 7 nitrogen and oxygen atoms in total. The van der Waals surface area contributed by atoms with E-state index in [1.54, 1.807) is 6.07 Å². The van der Waals surface area contributed by atoms with Crippen molar-refractivity contribution in [3.05, 3.63) is 53.9 Å². The standard InChI is InChI=1S/C29H37N3O4/c1-32(28(33)11-6-21-4-2-3-5-21,24-14-18-31(19-15-24)23-12-16-30-17-13-23)27-10-7-22-20-25(36-29(34)35)8-9-26(22)27/h8-9,12-13,16-17,20-21,24,27H,2-7,10-11,14-15,18-19H2,1H3/p+1. The number of quaternary nitrogens is 1. The van der Waals surface area contributed by atoms with Crippen LogP contribution in [0.4, 0.5) is 10.5 Å². The second-order valence-corrected chi connectivity index (χ2v) is 10.9. The van der Waals surface area contributed by atoms with Gasteiger partial charge in [0.1, 0.15) is 11.8 Å². The lowest BCUT2D eigenvalue weighted by atomic mass is 9.92. The molecule has 36 heavy (non-hydrogen) atoms. The van der Waals surface area contributed by atoms with Crippen LogP contribution in [0.25, 0.3) is 0 Å². The second kappa shape index (κ2) is 10.6. The molecule has 2 atom stereocenters. The molecule has 3 aliphatic rings. The van der Waals surface area contributed by atoms with Crippen LogP contribution in [0.15, 0.2) is 42.7 Å². The molecule has 192 valence electrons. The number of rotatable bonds is 7. The zero-order chi connectivity index (χ0) is 25.1. The molecule has 1 saturated heterocycles. The van der Waals surface area contributed by atoms with Crippen molar-refractivity contribution in [3.63, 3.8) is 0 Å². The molecule has 2 fully saturated rings. The predicted molar refractivity (Wildman–Crippen MR) is 138 cm³/mol. The fraction of sp³-hybridized carbons (Fsp3) is 0.552. The van der Waals surface area contributed by atoms with Gasteiger partial charge in [0.15, 0.2) is 0 Å². The maximum atomic E-state index is 14.1. The van der Waals surface area contributed by atoms with E-state index < -0.39 is 6.16 Å². The molecular formula is C29H38N3O4+. The summed E-state index contributed by atoms with van der Waals surface area (Å²) >= 11 is 0. The fourth-order valence-corrected chi connectivity index (χ4v) is 7.01. The highest BCUT2D eigenvalue weighted by atomic mass is 16.7. The van der Waals surface area contributed by atoms with E-state index in [1.807, 2.05) is 24.5 Å². The van der Waals surface area contributed by atoms with E-state index in [4.69, 9.17) is 9.84 Å². The molecule has 2 unspecified atom stereocenters. The summed E-state index contributed by atoms with van der Waals surface area (Å²) < 4.78 is 5.37. The molecule has 0 radical (unpaired) electrons. The number of aromatic nitrogens is 1. The van der Waals surface area contributed by atoms with Gasteiger partial charge in [-0.1, -0.05) is 25.7 Å². The van der Waals surface area contributed by atoms with Gasteiger partial charge in [0.05, 0.1) is 19.5 Å². The summed E-state index contributed by atoms with van der Waals surface area (Å²) in [6.45, 7) is 1.87. The molecule has 1 N–H and O–H groups in total. The van der Waals surface area contributed by atoms with Crippen molar-refractivity contribution < 1.29 is 23.9 Å². The van der Waals surface area contributed by atoms with Crippen LogP contribution < -0.4 is 9.64 Å². The SMILES string of the molecule is C[N+](C(=O)CCC1CCCC1)(C1CCN(c2ccncc2)CC1)C1CCc2cc(OC(=O)O)ccc21. The Morgan fingerprint density at radius 3 is 2.47 bits per heavy atom. The zero-order valence-electron chi connectivity index (χ0n) is 21.3. The highest BCUT2D eigenvalue weighted by molar-refractivity contribution is 5.70. The Balaban J connectivity index is 1.38. The molecule has 5 rings (SSSR count). The fourth-order valence-electron chi connectivity index (χ4n) is 7.01. The normalized spacial score (nSPS) is 22.2. The number of benzene rings is 1. The molecule has 1 aliphatic heterocycles. The summed E-state index contributed by atoms with van der Waals surface area (Å²) in [5, 5.41) is 9.01. The van der Waals surface area contributed by atoms with Crippen LogP contribution in [0.1, 0.15) is 75.0 Å². The number of carbonyl (C=O) groups excluding carboxylic acids is 1. The maximum Gasteiger partial charge on any atom is 0.511 e. The number of carboxylic acid groups (broad SMARTS) is 1. The van der Waals surface area contributed by atoms with E-state index in [9.17, 15) is 9.59 Å². The third-order valence-corrected chi connectivity index (χ3v) is 9.04. The van der Waals surface area contributed by atoms with Crippen molar-refractivity contribution in [2.45, 2.75) is 76.3 Å². The van der Waals surface area contributed by atoms with Gasteiger partial charge >= 0.3 is 12.1 Å². The Morgan fingerprint density at radius 2 is 1.78 bits per heavy atom. The minimum absolute atomic E-state index is 0.104. The quantitative estimate of drug-likeness (QED) is 0.302. The van der Waals surface area contributed by atoms with E-state index in [2.05, 4.69) is 29.1 Å². The third kappa shape index (κ3) is 4.99. The van der Waals surface area contributed by atoms with Crippen molar-refractivity contribution in [3.8, 4) is 5.75 Å².